The molecule has 9 aromatic rings. The monoisotopic (exact) mass is 779 g/mol. The van der Waals surface area contributed by atoms with Crippen LogP contribution in [-0.4, -0.2) is 15.0 Å². The predicted octanol–water partition coefficient (Wildman–Crippen LogP) is 14.6. The van der Waals surface area contributed by atoms with Crippen molar-refractivity contribution in [1.82, 2.24) is 15.0 Å². The third-order valence-electron chi connectivity index (χ3n) is 12.3. The fourth-order valence-corrected chi connectivity index (χ4v) is 9.14. The predicted molar refractivity (Wildman–Crippen MR) is 251 cm³/mol. The number of nitrogens with zero attached hydrogens (tertiary/aromatic N) is 3. The summed E-state index contributed by atoms with van der Waals surface area (Å²) < 4.78 is 0. The van der Waals surface area contributed by atoms with Gasteiger partial charge in [-0.05, 0) is 79.2 Å². The second-order valence-electron chi connectivity index (χ2n) is 15.9. The van der Waals surface area contributed by atoms with Crippen LogP contribution in [0.4, 0.5) is 0 Å². The minimum atomic E-state index is 0.248. The quantitative estimate of drug-likeness (QED) is 0.162. The van der Waals surface area contributed by atoms with Crippen LogP contribution >= 0.6 is 0 Å². The minimum Gasteiger partial charge on any atom is -0.208 e. The molecule has 2 atom stereocenters. The van der Waals surface area contributed by atoms with Crippen LogP contribution in [0.25, 0.3) is 78.7 Å². The normalized spacial score (nSPS) is 16.1. The van der Waals surface area contributed by atoms with Gasteiger partial charge in [-0.25, -0.2) is 15.0 Å². The standard InChI is InChI=1S/C58H41N3/c1-4-14-39(15-5-1)40-26-32-45(33-27-40)57-59-56(44-16-6-2-7-17-44)60-58(61-57)46-34-30-43(31-35-46)49-19-11-10-18-48(49)42-28-24-41(25-29-42)47-36-37-54-52-20-8-3-9-21-53(55(54)38-47)51-23-13-12-22-50(51)52/h1-19,21-38,52-53H,20H2/b8-3-,21-9-/t52-,53?/m1/s1. The number of allylic oxidation sites excluding steroid dienone is 4. The first-order chi connectivity index (χ1) is 30.2. The Hall–Kier alpha value is -7.75. The molecule has 2 bridgehead atoms. The van der Waals surface area contributed by atoms with E-state index in [9.17, 15) is 0 Å². The molecule has 3 heteroatoms. The van der Waals surface area contributed by atoms with E-state index in [1.54, 1.807) is 0 Å². The first-order valence-electron chi connectivity index (χ1n) is 21.1. The summed E-state index contributed by atoms with van der Waals surface area (Å²) in [6, 6.07) is 71.5. The Balaban J connectivity index is 0.893. The Kier molecular flexibility index (Phi) is 9.40. The summed E-state index contributed by atoms with van der Waals surface area (Å²) in [4.78, 5) is 15.0. The molecule has 61 heavy (non-hydrogen) atoms. The molecule has 3 nitrogen and oxygen atoms in total. The highest BCUT2D eigenvalue weighted by atomic mass is 15.0. The maximum atomic E-state index is 5.03. The lowest BCUT2D eigenvalue weighted by molar-refractivity contribution is 0.758. The maximum absolute atomic E-state index is 5.03. The van der Waals surface area contributed by atoms with E-state index in [1.807, 2.05) is 36.4 Å². The van der Waals surface area contributed by atoms with Gasteiger partial charge in [0.15, 0.2) is 17.5 Å². The molecule has 8 aromatic carbocycles. The summed E-state index contributed by atoms with van der Waals surface area (Å²) in [7, 11) is 0. The van der Waals surface area contributed by atoms with Crippen LogP contribution in [0, 0.1) is 0 Å². The van der Waals surface area contributed by atoms with Crippen molar-refractivity contribution < 1.29 is 0 Å². The fraction of sp³-hybridized carbons (Fsp3) is 0.0517. The summed E-state index contributed by atoms with van der Waals surface area (Å²) in [6.45, 7) is 0. The van der Waals surface area contributed by atoms with Crippen LogP contribution in [0.1, 0.15) is 40.5 Å². The molecule has 3 aliphatic carbocycles. The Morgan fingerprint density at radius 2 is 0.721 bits per heavy atom. The van der Waals surface area contributed by atoms with Gasteiger partial charge in [0.1, 0.15) is 0 Å². The van der Waals surface area contributed by atoms with E-state index in [0.29, 0.717) is 23.4 Å². The van der Waals surface area contributed by atoms with Crippen molar-refractivity contribution >= 4 is 0 Å². The molecule has 0 fully saturated rings. The molecule has 0 saturated heterocycles. The largest absolute Gasteiger partial charge is 0.208 e. The van der Waals surface area contributed by atoms with Gasteiger partial charge in [0.25, 0.3) is 0 Å². The number of hydrogen-bond acceptors (Lipinski definition) is 3. The van der Waals surface area contributed by atoms with Crippen LogP contribution in [0.15, 0.2) is 224 Å². The van der Waals surface area contributed by atoms with E-state index in [2.05, 4.69) is 188 Å². The van der Waals surface area contributed by atoms with Crippen molar-refractivity contribution in [3.05, 3.63) is 247 Å². The Labute approximate surface area is 357 Å². The highest BCUT2D eigenvalue weighted by molar-refractivity contribution is 5.85. The van der Waals surface area contributed by atoms with Crippen LogP contribution in [0.3, 0.4) is 0 Å². The molecule has 1 unspecified atom stereocenters. The van der Waals surface area contributed by atoms with Crippen molar-refractivity contribution in [3.8, 4) is 78.7 Å². The Bertz CT molecular complexity index is 3070. The average Bonchev–Trinajstić information content (AvgIpc) is 3.50. The number of fused-ring (bicyclic) bond motifs is 2. The summed E-state index contributed by atoms with van der Waals surface area (Å²) in [6.07, 6.45) is 10.1. The van der Waals surface area contributed by atoms with Crippen molar-refractivity contribution in [2.75, 3.05) is 0 Å². The van der Waals surface area contributed by atoms with Gasteiger partial charge in [-0.2, -0.15) is 0 Å². The molecular formula is C58H41N3. The summed E-state index contributed by atoms with van der Waals surface area (Å²) in [5, 5.41) is 0. The number of rotatable bonds is 7. The van der Waals surface area contributed by atoms with Crippen LogP contribution in [-0.2, 0) is 0 Å². The Morgan fingerprint density at radius 3 is 1.31 bits per heavy atom. The molecule has 1 aromatic heterocycles. The SMILES string of the molecule is C1=C\C[C@@H]2c3ccccc3C(\C=C/1)c1cc(-c3ccc(-c4ccccc4-c4ccc(-c5nc(-c6ccccc6)nc(-c6ccc(-c7ccccc7)cc6)n5)cc4)cc3)ccc12. The average molecular weight is 780 g/mol. The molecule has 0 radical (unpaired) electrons. The molecule has 0 N–H and O–H groups in total. The highest BCUT2D eigenvalue weighted by Crippen LogP contribution is 2.47. The fourth-order valence-electron chi connectivity index (χ4n) is 9.14. The van der Waals surface area contributed by atoms with Gasteiger partial charge >= 0.3 is 0 Å². The van der Waals surface area contributed by atoms with Gasteiger partial charge in [-0.1, -0.05) is 218 Å². The van der Waals surface area contributed by atoms with Crippen molar-refractivity contribution in [3.63, 3.8) is 0 Å². The minimum absolute atomic E-state index is 0.248. The van der Waals surface area contributed by atoms with Gasteiger partial charge in [-0.3, -0.25) is 0 Å². The third-order valence-corrected chi connectivity index (χ3v) is 12.3. The number of benzene rings is 8. The van der Waals surface area contributed by atoms with Gasteiger partial charge in [0, 0.05) is 28.5 Å². The molecule has 0 saturated carbocycles. The van der Waals surface area contributed by atoms with Crippen molar-refractivity contribution in [1.29, 1.82) is 0 Å². The number of aromatic nitrogens is 3. The zero-order valence-electron chi connectivity index (χ0n) is 33.6. The van der Waals surface area contributed by atoms with E-state index in [-0.39, 0.29) is 5.92 Å². The lowest BCUT2D eigenvalue weighted by Crippen LogP contribution is -2.16. The van der Waals surface area contributed by atoms with Crippen molar-refractivity contribution in [2.45, 2.75) is 18.3 Å². The van der Waals surface area contributed by atoms with Gasteiger partial charge < -0.3 is 0 Å². The molecular weight excluding hydrogens is 739 g/mol. The summed E-state index contributed by atoms with van der Waals surface area (Å²) >= 11 is 0. The van der Waals surface area contributed by atoms with Crippen LogP contribution in [0.5, 0.6) is 0 Å². The molecule has 0 aliphatic heterocycles. The topological polar surface area (TPSA) is 38.7 Å². The van der Waals surface area contributed by atoms with E-state index in [1.165, 1.54) is 55.6 Å². The smallest absolute Gasteiger partial charge is 0.164 e. The molecule has 288 valence electrons. The van der Waals surface area contributed by atoms with Gasteiger partial charge in [-0.15, -0.1) is 0 Å². The molecule has 3 aliphatic rings. The lowest BCUT2D eigenvalue weighted by Gasteiger charge is -2.32. The maximum Gasteiger partial charge on any atom is 0.164 e. The zero-order chi connectivity index (χ0) is 40.5. The van der Waals surface area contributed by atoms with Crippen LogP contribution < -0.4 is 0 Å². The third kappa shape index (κ3) is 7.00. The summed E-state index contributed by atoms with van der Waals surface area (Å²) in [5.74, 6) is 2.56. The molecule has 0 amide bonds. The van der Waals surface area contributed by atoms with Gasteiger partial charge in [0.2, 0.25) is 0 Å². The first-order valence-corrected chi connectivity index (χ1v) is 21.1. The second kappa shape index (κ2) is 15.8. The lowest BCUT2D eigenvalue weighted by atomic mass is 9.71. The second-order valence-corrected chi connectivity index (χ2v) is 15.9. The van der Waals surface area contributed by atoms with E-state index in [4.69, 9.17) is 15.0 Å². The van der Waals surface area contributed by atoms with Crippen LogP contribution in [0.2, 0.25) is 0 Å². The molecule has 0 spiro atoms. The molecule has 12 rings (SSSR count). The highest BCUT2D eigenvalue weighted by Gasteiger charge is 2.31. The first kappa shape index (κ1) is 36.3. The Morgan fingerprint density at radius 1 is 0.311 bits per heavy atom. The molecule has 1 heterocycles. The summed E-state index contributed by atoms with van der Waals surface area (Å²) in [5.41, 5.74) is 18.0. The van der Waals surface area contributed by atoms with Gasteiger partial charge in [0.05, 0.1) is 0 Å². The van der Waals surface area contributed by atoms with Crippen molar-refractivity contribution in [2.24, 2.45) is 0 Å². The zero-order valence-corrected chi connectivity index (χ0v) is 33.6. The van der Waals surface area contributed by atoms with E-state index >= 15 is 0 Å². The van der Waals surface area contributed by atoms with E-state index in [0.717, 1.165) is 34.2 Å². The number of hydrogen-bond donors (Lipinski definition) is 0. The van der Waals surface area contributed by atoms with E-state index < -0.39 is 0 Å².